The van der Waals surface area contributed by atoms with Crippen molar-refractivity contribution >= 4 is 21.8 Å². The van der Waals surface area contributed by atoms with Gasteiger partial charge in [-0.05, 0) is 0 Å². The van der Waals surface area contributed by atoms with Gasteiger partial charge >= 0.3 is 10.2 Å². The van der Waals surface area contributed by atoms with E-state index in [1.54, 1.807) is 36.4 Å². The molecule has 0 spiro atoms. The number of rotatable bonds is 3. The number of halogens is 1. The molecule has 2 heterocycles. The molecule has 23 heavy (non-hydrogen) atoms. The molecule has 120 valence electrons. The molecule has 0 aliphatic carbocycles. The lowest BCUT2D eigenvalue weighted by atomic mass is 10.2. The van der Waals surface area contributed by atoms with Crippen LogP contribution < -0.4 is 0 Å². The first-order valence-electron chi connectivity index (χ1n) is 6.88. The van der Waals surface area contributed by atoms with Crippen LogP contribution in [0.3, 0.4) is 0 Å². The van der Waals surface area contributed by atoms with E-state index in [0.717, 1.165) is 3.97 Å². The van der Waals surface area contributed by atoms with E-state index < -0.39 is 10.2 Å². The summed E-state index contributed by atoms with van der Waals surface area (Å²) in [5.74, 6) is -0.264. The number of nitrogens with zero attached hydrogens (tertiary/aromatic N) is 4. The molecule has 0 N–H and O–H groups in total. The first-order chi connectivity index (χ1) is 11.1. The summed E-state index contributed by atoms with van der Waals surface area (Å²) >= 11 is 6.12. The van der Waals surface area contributed by atoms with E-state index in [9.17, 15) is 13.7 Å². The van der Waals surface area contributed by atoms with Gasteiger partial charge in [-0.25, -0.2) is 4.98 Å². The molecule has 1 aromatic carbocycles. The van der Waals surface area contributed by atoms with Gasteiger partial charge in [-0.1, -0.05) is 41.9 Å². The second-order valence-electron chi connectivity index (χ2n) is 4.84. The molecule has 0 radical (unpaired) electrons. The summed E-state index contributed by atoms with van der Waals surface area (Å²) in [5.41, 5.74) is 0.763. The van der Waals surface area contributed by atoms with Gasteiger partial charge in [0.1, 0.15) is 11.8 Å². The monoisotopic (exact) mass is 352 g/mol. The van der Waals surface area contributed by atoms with Crippen LogP contribution in [0, 0.1) is 11.3 Å². The molecule has 0 saturated carbocycles. The van der Waals surface area contributed by atoms with Crippen LogP contribution in [0.4, 0.5) is 0 Å². The van der Waals surface area contributed by atoms with E-state index in [-0.39, 0.29) is 29.8 Å². The summed E-state index contributed by atoms with van der Waals surface area (Å²) in [6.45, 7) is 1.06. The lowest BCUT2D eigenvalue weighted by molar-refractivity contribution is 0.0726. The lowest BCUT2D eigenvalue weighted by Crippen LogP contribution is -2.43. The van der Waals surface area contributed by atoms with Gasteiger partial charge in [0.2, 0.25) is 5.82 Å². The quantitative estimate of drug-likeness (QED) is 0.835. The zero-order chi connectivity index (χ0) is 16.4. The molecular formula is C14H13ClN4O3S. The van der Waals surface area contributed by atoms with E-state index in [4.69, 9.17) is 16.3 Å². The van der Waals surface area contributed by atoms with Crippen LogP contribution in [-0.4, -0.2) is 48.0 Å². The van der Waals surface area contributed by atoms with Crippen molar-refractivity contribution in [2.24, 2.45) is 0 Å². The fourth-order valence-corrected chi connectivity index (χ4v) is 4.29. The van der Waals surface area contributed by atoms with Crippen LogP contribution in [0.1, 0.15) is 5.82 Å². The number of benzene rings is 1. The predicted molar refractivity (Wildman–Crippen MR) is 84.1 cm³/mol. The van der Waals surface area contributed by atoms with Crippen molar-refractivity contribution in [1.29, 1.82) is 5.26 Å². The van der Waals surface area contributed by atoms with Crippen LogP contribution in [0.2, 0.25) is 5.15 Å². The van der Waals surface area contributed by atoms with Gasteiger partial charge in [-0.2, -0.15) is 22.0 Å². The van der Waals surface area contributed by atoms with Crippen LogP contribution in [0.5, 0.6) is 0 Å². The molecule has 9 heteroatoms. The van der Waals surface area contributed by atoms with E-state index in [0.29, 0.717) is 18.8 Å². The molecule has 0 unspecified atom stereocenters. The lowest BCUT2D eigenvalue weighted by Gasteiger charge is -2.27. The Morgan fingerprint density at radius 2 is 1.87 bits per heavy atom. The van der Waals surface area contributed by atoms with Crippen molar-refractivity contribution in [3.05, 3.63) is 41.3 Å². The molecule has 3 rings (SSSR count). The third kappa shape index (κ3) is 2.84. The van der Waals surface area contributed by atoms with Gasteiger partial charge in [0.25, 0.3) is 0 Å². The van der Waals surface area contributed by atoms with Crippen LogP contribution in [0.25, 0.3) is 11.3 Å². The first-order valence-corrected chi connectivity index (χ1v) is 8.65. The first kappa shape index (κ1) is 16.0. The largest absolute Gasteiger partial charge is 0.379 e. The number of hydrogen-bond acceptors (Lipinski definition) is 5. The molecule has 0 atom stereocenters. The van der Waals surface area contributed by atoms with Crippen molar-refractivity contribution in [3.8, 4) is 17.3 Å². The molecule has 2 aromatic rings. The van der Waals surface area contributed by atoms with Gasteiger partial charge in [-0.15, -0.1) is 0 Å². The number of aromatic nitrogens is 2. The summed E-state index contributed by atoms with van der Waals surface area (Å²) in [7, 11) is -3.96. The van der Waals surface area contributed by atoms with Crippen LogP contribution in [-0.2, 0) is 14.9 Å². The molecule has 1 fully saturated rings. The highest BCUT2D eigenvalue weighted by atomic mass is 35.5. The number of nitriles is 1. The third-order valence-electron chi connectivity index (χ3n) is 3.47. The number of imidazole rings is 1. The van der Waals surface area contributed by atoms with E-state index in [2.05, 4.69) is 4.98 Å². The van der Waals surface area contributed by atoms with Crippen molar-refractivity contribution < 1.29 is 13.2 Å². The highest BCUT2D eigenvalue weighted by molar-refractivity contribution is 7.87. The molecule has 1 saturated heterocycles. The Kier molecular flexibility index (Phi) is 4.37. The third-order valence-corrected chi connectivity index (χ3v) is 5.57. The fourth-order valence-electron chi connectivity index (χ4n) is 2.40. The topological polar surface area (TPSA) is 88.2 Å². The smallest absolute Gasteiger partial charge is 0.310 e. The molecular weight excluding hydrogens is 340 g/mol. The van der Waals surface area contributed by atoms with Crippen molar-refractivity contribution in [2.45, 2.75) is 0 Å². The summed E-state index contributed by atoms with van der Waals surface area (Å²) in [4.78, 5) is 3.90. The van der Waals surface area contributed by atoms with E-state index in [1.807, 2.05) is 0 Å². The molecule has 1 aliphatic heterocycles. The molecule has 7 nitrogen and oxygen atoms in total. The van der Waals surface area contributed by atoms with Crippen molar-refractivity contribution in [3.63, 3.8) is 0 Å². The van der Waals surface area contributed by atoms with Gasteiger partial charge < -0.3 is 4.74 Å². The maximum Gasteiger partial charge on any atom is 0.310 e. The molecule has 1 aliphatic rings. The average molecular weight is 353 g/mol. The summed E-state index contributed by atoms with van der Waals surface area (Å²) in [6.07, 6.45) is 0. The molecule has 0 bridgehead atoms. The Hall–Kier alpha value is -1.92. The van der Waals surface area contributed by atoms with Gasteiger partial charge in [0.15, 0.2) is 5.15 Å². The minimum Gasteiger partial charge on any atom is -0.379 e. The predicted octanol–water partition coefficient (Wildman–Crippen LogP) is 1.50. The van der Waals surface area contributed by atoms with E-state index in [1.165, 1.54) is 4.31 Å². The minimum absolute atomic E-state index is 0.0235. The maximum atomic E-state index is 13.0. The Morgan fingerprint density at radius 3 is 2.48 bits per heavy atom. The second kappa shape index (κ2) is 6.29. The molecule has 1 aromatic heterocycles. The highest BCUT2D eigenvalue weighted by Gasteiger charge is 2.32. The maximum absolute atomic E-state index is 13.0. The standard InChI is InChI=1S/C14H13ClN4O3S/c15-14-13(11-4-2-1-3-5-11)19(12(10-16)17-14)23(20,21)18-6-8-22-9-7-18/h1-5H,6-9H2. The van der Waals surface area contributed by atoms with E-state index >= 15 is 0 Å². The SMILES string of the molecule is N#Cc1nc(Cl)c(-c2ccccc2)n1S(=O)(=O)N1CCOCC1. The van der Waals surface area contributed by atoms with Crippen LogP contribution in [0.15, 0.2) is 30.3 Å². The average Bonchev–Trinajstić information content (AvgIpc) is 2.93. The number of hydrogen-bond donors (Lipinski definition) is 0. The zero-order valence-corrected chi connectivity index (χ0v) is 13.6. The number of morpholine rings is 1. The highest BCUT2D eigenvalue weighted by Crippen LogP contribution is 2.31. The van der Waals surface area contributed by atoms with Crippen molar-refractivity contribution in [1.82, 2.24) is 13.3 Å². The second-order valence-corrected chi connectivity index (χ2v) is 6.97. The Labute approximate surface area is 138 Å². The van der Waals surface area contributed by atoms with Crippen molar-refractivity contribution in [2.75, 3.05) is 26.3 Å². The van der Waals surface area contributed by atoms with Gasteiger partial charge in [0, 0.05) is 18.7 Å². The Morgan fingerprint density at radius 1 is 1.22 bits per heavy atom. The Bertz CT molecular complexity index is 852. The molecule has 0 amide bonds. The van der Waals surface area contributed by atoms with Gasteiger partial charge in [0.05, 0.1) is 13.2 Å². The fraction of sp³-hybridized carbons (Fsp3) is 0.286. The summed E-state index contributed by atoms with van der Waals surface area (Å²) in [6, 6.07) is 10.6. The Balaban J connectivity index is 2.20. The normalized spacial score (nSPS) is 16.2. The van der Waals surface area contributed by atoms with Gasteiger partial charge in [-0.3, -0.25) is 0 Å². The van der Waals surface area contributed by atoms with Crippen LogP contribution >= 0.6 is 11.6 Å². The summed E-state index contributed by atoms with van der Waals surface area (Å²) < 4.78 is 33.3. The zero-order valence-electron chi connectivity index (χ0n) is 12.0. The minimum atomic E-state index is -3.96. The number of ether oxygens (including phenoxy) is 1. The summed E-state index contributed by atoms with van der Waals surface area (Å²) in [5, 5.41) is 9.24.